The monoisotopic (exact) mass is 347 g/mol. The zero-order valence-corrected chi connectivity index (χ0v) is 13.0. The number of benzene rings is 2. The smallest absolute Gasteiger partial charge is 0.221 e. The Kier molecular flexibility index (Phi) is 3.54. The number of ketones is 1. The molecule has 0 saturated carbocycles. The van der Waals surface area contributed by atoms with Crippen LogP contribution in [0.2, 0.25) is 0 Å². The predicted octanol–water partition coefficient (Wildman–Crippen LogP) is 4.30. The fraction of sp³-hybridized carbons (Fsp3) is 0.0667. The minimum absolute atomic E-state index is 0.0577. The molecule has 0 amide bonds. The molecule has 0 fully saturated rings. The standard InChI is InChI=1S/C15H10BrNO2S/c1-19-11-6-7-12-13(8-11)20-15(17-12)14(18)9-2-4-10(16)5-3-9/h2-8H,1H3. The molecule has 1 heterocycles. The van der Waals surface area contributed by atoms with E-state index in [-0.39, 0.29) is 5.78 Å². The normalized spacial score (nSPS) is 10.7. The summed E-state index contributed by atoms with van der Waals surface area (Å²) in [7, 11) is 1.62. The summed E-state index contributed by atoms with van der Waals surface area (Å²) in [6, 6.07) is 12.9. The van der Waals surface area contributed by atoms with Gasteiger partial charge in [0.05, 0.1) is 17.3 Å². The molecule has 3 aromatic rings. The molecule has 2 aromatic carbocycles. The van der Waals surface area contributed by atoms with Crippen LogP contribution in [0.5, 0.6) is 5.75 Å². The van der Waals surface area contributed by atoms with Gasteiger partial charge in [-0.05, 0) is 42.5 Å². The third kappa shape index (κ3) is 2.46. The molecule has 5 heteroatoms. The molecule has 3 nitrogen and oxygen atoms in total. The fourth-order valence-electron chi connectivity index (χ4n) is 1.85. The van der Waals surface area contributed by atoms with E-state index in [2.05, 4.69) is 20.9 Å². The quantitative estimate of drug-likeness (QED) is 0.663. The lowest BCUT2D eigenvalue weighted by molar-refractivity contribution is 0.103. The first-order valence-corrected chi connectivity index (χ1v) is 7.53. The number of hydrogen-bond donors (Lipinski definition) is 0. The Bertz CT molecular complexity index is 780. The van der Waals surface area contributed by atoms with Gasteiger partial charge in [0, 0.05) is 10.0 Å². The van der Waals surface area contributed by atoms with Gasteiger partial charge in [-0.25, -0.2) is 4.98 Å². The van der Waals surface area contributed by atoms with E-state index in [1.807, 2.05) is 30.3 Å². The molecule has 0 aliphatic heterocycles. The van der Waals surface area contributed by atoms with E-state index in [1.54, 1.807) is 19.2 Å². The van der Waals surface area contributed by atoms with E-state index in [4.69, 9.17) is 4.74 Å². The van der Waals surface area contributed by atoms with Crippen molar-refractivity contribution in [1.82, 2.24) is 4.98 Å². The number of fused-ring (bicyclic) bond motifs is 1. The summed E-state index contributed by atoms with van der Waals surface area (Å²) in [5.74, 6) is 0.710. The zero-order chi connectivity index (χ0) is 14.1. The molecule has 20 heavy (non-hydrogen) atoms. The molecule has 1 aromatic heterocycles. The van der Waals surface area contributed by atoms with E-state index in [1.165, 1.54) is 11.3 Å². The Labute approximate surface area is 128 Å². The second-order valence-corrected chi connectivity index (χ2v) is 6.14. The number of aromatic nitrogens is 1. The van der Waals surface area contributed by atoms with Gasteiger partial charge in [-0.2, -0.15) is 0 Å². The molecule has 0 unspecified atom stereocenters. The third-order valence-corrected chi connectivity index (χ3v) is 4.44. The molecule has 0 aliphatic carbocycles. The SMILES string of the molecule is COc1ccc2nc(C(=O)c3ccc(Br)cc3)sc2c1. The fourth-order valence-corrected chi connectivity index (χ4v) is 3.07. The summed E-state index contributed by atoms with van der Waals surface area (Å²) in [6.45, 7) is 0. The van der Waals surface area contributed by atoms with E-state index in [9.17, 15) is 4.79 Å². The highest BCUT2D eigenvalue weighted by Gasteiger charge is 2.14. The molecule has 0 spiro atoms. The maximum atomic E-state index is 12.4. The van der Waals surface area contributed by atoms with E-state index >= 15 is 0 Å². The van der Waals surface area contributed by atoms with Gasteiger partial charge in [-0.1, -0.05) is 15.9 Å². The molecular formula is C15H10BrNO2S. The van der Waals surface area contributed by atoms with Crippen LogP contribution in [0.4, 0.5) is 0 Å². The third-order valence-electron chi connectivity index (χ3n) is 2.90. The highest BCUT2D eigenvalue weighted by molar-refractivity contribution is 9.10. The van der Waals surface area contributed by atoms with Crippen LogP contribution in [0.15, 0.2) is 46.9 Å². The molecule has 0 radical (unpaired) electrons. The highest BCUT2D eigenvalue weighted by Crippen LogP contribution is 2.27. The topological polar surface area (TPSA) is 39.2 Å². The Hall–Kier alpha value is -1.72. The summed E-state index contributed by atoms with van der Waals surface area (Å²) in [6.07, 6.45) is 0. The second kappa shape index (κ2) is 5.34. The van der Waals surface area contributed by atoms with Gasteiger partial charge in [-0.3, -0.25) is 4.79 Å². The van der Waals surface area contributed by atoms with E-state index in [0.29, 0.717) is 10.6 Å². The molecule has 0 atom stereocenters. The van der Waals surface area contributed by atoms with Crippen molar-refractivity contribution in [2.24, 2.45) is 0 Å². The highest BCUT2D eigenvalue weighted by atomic mass is 79.9. The maximum Gasteiger partial charge on any atom is 0.221 e. The van der Waals surface area contributed by atoms with Crippen molar-refractivity contribution in [2.75, 3.05) is 7.11 Å². The average Bonchev–Trinajstić information content (AvgIpc) is 2.90. The number of halogens is 1. The summed E-state index contributed by atoms with van der Waals surface area (Å²) >= 11 is 4.74. The largest absolute Gasteiger partial charge is 0.497 e. The number of nitrogens with zero attached hydrogens (tertiary/aromatic N) is 1. The zero-order valence-electron chi connectivity index (χ0n) is 10.6. The number of hydrogen-bond acceptors (Lipinski definition) is 4. The van der Waals surface area contributed by atoms with Crippen molar-refractivity contribution in [1.29, 1.82) is 0 Å². The molecule has 100 valence electrons. The summed E-state index contributed by atoms with van der Waals surface area (Å²) < 4.78 is 7.07. The van der Waals surface area contributed by atoms with Crippen molar-refractivity contribution >= 4 is 43.3 Å². The number of carbonyl (C=O) groups excluding carboxylic acids is 1. The Balaban J connectivity index is 2.01. The number of rotatable bonds is 3. The average molecular weight is 348 g/mol. The summed E-state index contributed by atoms with van der Waals surface area (Å²) in [5.41, 5.74) is 1.45. The Morgan fingerprint density at radius 3 is 2.65 bits per heavy atom. The minimum atomic E-state index is -0.0577. The Morgan fingerprint density at radius 2 is 1.95 bits per heavy atom. The maximum absolute atomic E-state index is 12.4. The van der Waals surface area contributed by atoms with Crippen LogP contribution < -0.4 is 4.74 Å². The van der Waals surface area contributed by atoms with Crippen molar-refractivity contribution in [3.63, 3.8) is 0 Å². The van der Waals surface area contributed by atoms with Gasteiger partial charge in [0.25, 0.3) is 0 Å². The first-order valence-electron chi connectivity index (χ1n) is 5.92. The molecule has 0 saturated heterocycles. The first-order chi connectivity index (χ1) is 9.67. The minimum Gasteiger partial charge on any atom is -0.497 e. The van der Waals surface area contributed by atoms with Gasteiger partial charge >= 0.3 is 0 Å². The van der Waals surface area contributed by atoms with E-state index in [0.717, 1.165) is 20.4 Å². The van der Waals surface area contributed by atoms with Crippen LogP contribution in [0.25, 0.3) is 10.2 Å². The molecule has 0 bridgehead atoms. The number of thiazole rings is 1. The van der Waals surface area contributed by atoms with E-state index < -0.39 is 0 Å². The van der Waals surface area contributed by atoms with Gasteiger partial charge in [0.15, 0.2) is 5.01 Å². The lowest BCUT2D eigenvalue weighted by Gasteiger charge is -1.96. The van der Waals surface area contributed by atoms with Crippen molar-refractivity contribution in [3.05, 3.63) is 57.5 Å². The van der Waals surface area contributed by atoms with Crippen LogP contribution in [0.1, 0.15) is 15.4 Å². The predicted molar refractivity (Wildman–Crippen MR) is 83.7 cm³/mol. The Morgan fingerprint density at radius 1 is 1.20 bits per heavy atom. The molecule has 0 N–H and O–H groups in total. The van der Waals surface area contributed by atoms with Crippen LogP contribution >= 0.6 is 27.3 Å². The number of methoxy groups -OCH3 is 1. The lowest BCUT2D eigenvalue weighted by atomic mass is 10.1. The first kappa shape index (κ1) is 13.3. The lowest BCUT2D eigenvalue weighted by Crippen LogP contribution is -1.99. The summed E-state index contributed by atoms with van der Waals surface area (Å²) in [5, 5.41) is 0.496. The number of carbonyl (C=O) groups is 1. The van der Waals surface area contributed by atoms with Gasteiger partial charge in [0.1, 0.15) is 5.75 Å². The second-order valence-electron chi connectivity index (χ2n) is 4.19. The van der Waals surface area contributed by atoms with Crippen molar-refractivity contribution in [3.8, 4) is 5.75 Å². The van der Waals surface area contributed by atoms with Crippen LogP contribution in [-0.4, -0.2) is 17.9 Å². The molecule has 0 aliphatic rings. The van der Waals surface area contributed by atoms with Gasteiger partial charge < -0.3 is 4.74 Å². The van der Waals surface area contributed by atoms with Crippen LogP contribution in [0.3, 0.4) is 0 Å². The molecular weight excluding hydrogens is 338 g/mol. The van der Waals surface area contributed by atoms with Gasteiger partial charge in [0.2, 0.25) is 5.78 Å². The van der Waals surface area contributed by atoms with Crippen LogP contribution in [-0.2, 0) is 0 Å². The van der Waals surface area contributed by atoms with Gasteiger partial charge in [-0.15, -0.1) is 11.3 Å². The molecule has 3 rings (SSSR count). The number of ether oxygens (including phenoxy) is 1. The summed E-state index contributed by atoms with van der Waals surface area (Å²) in [4.78, 5) is 16.8. The van der Waals surface area contributed by atoms with Crippen LogP contribution in [0, 0.1) is 0 Å². The van der Waals surface area contributed by atoms with Crippen molar-refractivity contribution < 1.29 is 9.53 Å². The van der Waals surface area contributed by atoms with Crippen molar-refractivity contribution in [2.45, 2.75) is 0 Å².